The number of carboxylic acids is 1. The van der Waals surface area contributed by atoms with E-state index in [4.69, 9.17) is 9.84 Å². The van der Waals surface area contributed by atoms with Gasteiger partial charge in [-0.1, -0.05) is 0 Å². The van der Waals surface area contributed by atoms with Gasteiger partial charge in [-0.05, 0) is 13.8 Å². The molecule has 1 aromatic rings. The number of thiazole rings is 1. The molecule has 0 saturated heterocycles. The Balaban J connectivity index is 3.17. The van der Waals surface area contributed by atoms with Gasteiger partial charge in [-0.25, -0.2) is 9.78 Å². The van der Waals surface area contributed by atoms with E-state index in [1.807, 2.05) is 0 Å². The third-order valence-corrected chi connectivity index (χ3v) is 3.08. The molecular weight excluding hydrogens is 259 g/mol. The Kier molecular flexibility index (Phi) is 4.10. The van der Waals surface area contributed by atoms with E-state index in [9.17, 15) is 18.0 Å². The van der Waals surface area contributed by atoms with Crippen molar-refractivity contribution in [3.8, 4) is 0 Å². The molecule has 1 atom stereocenters. The van der Waals surface area contributed by atoms with Crippen LogP contribution in [-0.2, 0) is 10.9 Å². The van der Waals surface area contributed by atoms with E-state index < -0.39 is 28.8 Å². The molecule has 0 radical (unpaired) electrons. The Bertz CT molecular complexity index is 416. The van der Waals surface area contributed by atoms with Crippen LogP contribution in [-0.4, -0.2) is 22.7 Å². The Morgan fingerprint density at radius 1 is 1.59 bits per heavy atom. The largest absolute Gasteiger partial charge is 0.477 e. The molecule has 0 fully saturated rings. The number of hydrogen-bond donors (Lipinski definition) is 1. The van der Waals surface area contributed by atoms with Crippen molar-refractivity contribution >= 4 is 17.3 Å². The molecule has 0 bridgehead atoms. The summed E-state index contributed by atoms with van der Waals surface area (Å²) in [5.41, 5.74) is -1.36. The zero-order chi connectivity index (χ0) is 13.2. The van der Waals surface area contributed by atoms with Crippen molar-refractivity contribution < 1.29 is 27.8 Å². The number of nitrogens with zero attached hydrogens (tertiary/aromatic N) is 1. The molecule has 0 amide bonds. The lowest BCUT2D eigenvalue weighted by atomic mass is 10.3. The van der Waals surface area contributed by atoms with Gasteiger partial charge in [0.25, 0.3) is 0 Å². The summed E-state index contributed by atoms with van der Waals surface area (Å²) >= 11 is 0.487. The van der Waals surface area contributed by atoms with Gasteiger partial charge in [-0.15, -0.1) is 11.3 Å². The SMILES string of the molecule is CCOC(C)c1nc(C(F)(F)F)c(C(=O)O)s1. The van der Waals surface area contributed by atoms with E-state index >= 15 is 0 Å². The van der Waals surface area contributed by atoms with Crippen molar-refractivity contribution in [2.75, 3.05) is 6.61 Å². The van der Waals surface area contributed by atoms with Crippen molar-refractivity contribution in [3.05, 3.63) is 15.6 Å². The van der Waals surface area contributed by atoms with Crippen LogP contribution in [0.25, 0.3) is 0 Å². The van der Waals surface area contributed by atoms with E-state index in [1.165, 1.54) is 6.92 Å². The smallest absolute Gasteiger partial charge is 0.435 e. The first-order valence-corrected chi connectivity index (χ1v) is 5.51. The molecule has 96 valence electrons. The summed E-state index contributed by atoms with van der Waals surface area (Å²) in [6, 6.07) is 0. The summed E-state index contributed by atoms with van der Waals surface area (Å²) in [6.45, 7) is 3.52. The molecule has 1 unspecified atom stereocenters. The summed E-state index contributed by atoms with van der Waals surface area (Å²) in [5, 5.41) is 8.69. The Labute approximate surface area is 99.0 Å². The minimum atomic E-state index is -4.77. The van der Waals surface area contributed by atoms with Crippen LogP contribution in [0.1, 0.15) is 40.3 Å². The number of carbonyl (C=O) groups is 1. The van der Waals surface area contributed by atoms with Crippen LogP contribution in [0, 0.1) is 0 Å². The Hall–Kier alpha value is -1.15. The van der Waals surface area contributed by atoms with Crippen LogP contribution in [0.4, 0.5) is 13.2 Å². The predicted octanol–water partition coefficient (Wildman–Crippen LogP) is 2.96. The third kappa shape index (κ3) is 3.16. The monoisotopic (exact) mass is 269 g/mol. The molecule has 0 aliphatic rings. The fourth-order valence-corrected chi connectivity index (χ4v) is 2.09. The minimum absolute atomic E-state index is 0.0107. The van der Waals surface area contributed by atoms with E-state index in [2.05, 4.69) is 4.98 Å². The molecular formula is C9H10F3NO3S. The van der Waals surface area contributed by atoms with Crippen LogP contribution in [0.2, 0.25) is 0 Å². The van der Waals surface area contributed by atoms with Crippen LogP contribution in [0.15, 0.2) is 0 Å². The van der Waals surface area contributed by atoms with Crippen molar-refractivity contribution in [1.82, 2.24) is 4.98 Å². The molecule has 1 heterocycles. The zero-order valence-corrected chi connectivity index (χ0v) is 9.85. The van der Waals surface area contributed by atoms with Crippen molar-refractivity contribution in [3.63, 3.8) is 0 Å². The number of rotatable bonds is 4. The molecule has 0 aliphatic carbocycles. The minimum Gasteiger partial charge on any atom is -0.477 e. The summed E-state index contributed by atoms with van der Waals surface area (Å²) in [5.74, 6) is -1.63. The van der Waals surface area contributed by atoms with Gasteiger partial charge in [-0.2, -0.15) is 13.2 Å². The van der Waals surface area contributed by atoms with Crippen LogP contribution >= 0.6 is 11.3 Å². The van der Waals surface area contributed by atoms with E-state index in [0.29, 0.717) is 17.9 Å². The van der Waals surface area contributed by atoms with E-state index in [1.54, 1.807) is 6.92 Å². The van der Waals surface area contributed by atoms with Crippen LogP contribution in [0.3, 0.4) is 0 Å². The number of alkyl halides is 3. The summed E-state index contributed by atoms with van der Waals surface area (Å²) in [4.78, 5) is 13.2. The predicted molar refractivity (Wildman–Crippen MR) is 54.1 cm³/mol. The van der Waals surface area contributed by atoms with Gasteiger partial charge in [0, 0.05) is 6.61 Å². The first kappa shape index (κ1) is 13.9. The molecule has 1 N–H and O–H groups in total. The molecule has 0 saturated carbocycles. The second-order valence-corrected chi connectivity index (χ2v) is 4.16. The lowest BCUT2D eigenvalue weighted by Crippen LogP contribution is -2.11. The first-order valence-electron chi connectivity index (χ1n) is 4.70. The molecule has 17 heavy (non-hydrogen) atoms. The molecule has 4 nitrogen and oxygen atoms in total. The van der Waals surface area contributed by atoms with Gasteiger partial charge in [-0.3, -0.25) is 0 Å². The topological polar surface area (TPSA) is 59.4 Å². The summed E-state index contributed by atoms with van der Waals surface area (Å²) in [6.07, 6.45) is -5.42. The highest BCUT2D eigenvalue weighted by atomic mass is 32.1. The number of halogens is 3. The lowest BCUT2D eigenvalue weighted by Gasteiger charge is -2.07. The molecule has 0 aliphatic heterocycles. The Morgan fingerprint density at radius 3 is 2.53 bits per heavy atom. The Morgan fingerprint density at radius 2 is 2.18 bits per heavy atom. The molecule has 1 rings (SSSR count). The quantitative estimate of drug-likeness (QED) is 0.912. The average Bonchev–Trinajstić information content (AvgIpc) is 2.61. The van der Waals surface area contributed by atoms with Crippen LogP contribution in [0.5, 0.6) is 0 Å². The van der Waals surface area contributed by atoms with Crippen LogP contribution < -0.4 is 0 Å². The summed E-state index contributed by atoms with van der Waals surface area (Å²) in [7, 11) is 0. The maximum absolute atomic E-state index is 12.5. The molecule has 1 aromatic heterocycles. The number of ether oxygens (including phenoxy) is 1. The van der Waals surface area contributed by atoms with E-state index in [-0.39, 0.29) is 5.01 Å². The lowest BCUT2D eigenvalue weighted by molar-refractivity contribution is -0.141. The molecule has 0 spiro atoms. The number of carboxylic acid groups (broad SMARTS) is 1. The van der Waals surface area contributed by atoms with Gasteiger partial charge in [0.2, 0.25) is 0 Å². The fourth-order valence-electron chi connectivity index (χ4n) is 1.17. The highest BCUT2D eigenvalue weighted by Crippen LogP contribution is 2.36. The number of hydrogen-bond acceptors (Lipinski definition) is 4. The van der Waals surface area contributed by atoms with Crippen molar-refractivity contribution in [1.29, 1.82) is 0 Å². The van der Waals surface area contributed by atoms with Gasteiger partial charge >= 0.3 is 12.1 Å². The number of aromatic carboxylic acids is 1. The van der Waals surface area contributed by atoms with Gasteiger partial charge in [0.05, 0.1) is 0 Å². The molecule has 8 heteroatoms. The fraction of sp³-hybridized carbons (Fsp3) is 0.556. The van der Waals surface area contributed by atoms with E-state index in [0.717, 1.165) is 0 Å². The van der Waals surface area contributed by atoms with Crippen molar-refractivity contribution in [2.45, 2.75) is 26.1 Å². The van der Waals surface area contributed by atoms with Gasteiger partial charge in [0.1, 0.15) is 16.0 Å². The van der Waals surface area contributed by atoms with Gasteiger partial charge in [0.15, 0.2) is 5.69 Å². The molecule has 0 aromatic carbocycles. The second-order valence-electron chi connectivity index (χ2n) is 3.13. The highest BCUT2D eigenvalue weighted by Gasteiger charge is 2.40. The summed E-state index contributed by atoms with van der Waals surface area (Å²) < 4.78 is 42.6. The normalized spacial score (nSPS) is 13.7. The second kappa shape index (κ2) is 5.01. The average molecular weight is 269 g/mol. The van der Waals surface area contributed by atoms with Gasteiger partial charge < -0.3 is 9.84 Å². The zero-order valence-electron chi connectivity index (χ0n) is 9.04. The highest BCUT2D eigenvalue weighted by molar-refractivity contribution is 7.13. The maximum atomic E-state index is 12.5. The third-order valence-electron chi connectivity index (χ3n) is 1.87. The number of aromatic nitrogens is 1. The first-order chi connectivity index (χ1) is 7.77. The van der Waals surface area contributed by atoms with Crippen molar-refractivity contribution in [2.24, 2.45) is 0 Å². The standard InChI is InChI=1S/C9H10F3NO3S/c1-3-16-4(2)7-13-6(9(10,11)12)5(17-7)8(14)15/h4H,3H2,1-2H3,(H,14,15). The maximum Gasteiger partial charge on any atom is 0.435 e.